The van der Waals surface area contributed by atoms with Crippen LogP contribution in [0.5, 0.6) is 5.75 Å². The molecular weight excluding hydrogens is 275 g/mol. The number of phenolic OH excluding ortho intramolecular Hbond substituents is 1. The van der Waals surface area contributed by atoms with E-state index in [9.17, 15) is 18.1 Å². The minimum absolute atomic E-state index is 0. The van der Waals surface area contributed by atoms with E-state index in [0.717, 1.165) is 16.3 Å². The summed E-state index contributed by atoms with van der Waals surface area (Å²) in [6, 6.07) is 10.8. The number of benzene rings is 2. The molecule has 1 N–H and O–H groups in total. The van der Waals surface area contributed by atoms with Crippen molar-refractivity contribution in [3.63, 3.8) is 0 Å². The van der Waals surface area contributed by atoms with Crippen LogP contribution in [0.3, 0.4) is 0 Å². The predicted octanol–water partition coefficient (Wildman–Crippen LogP) is -0.973. The molecule has 19 heavy (non-hydrogen) atoms. The summed E-state index contributed by atoms with van der Waals surface area (Å²) in [5, 5.41) is 11.3. The van der Waals surface area contributed by atoms with Gasteiger partial charge in [-0.1, -0.05) is 24.3 Å². The van der Waals surface area contributed by atoms with Gasteiger partial charge >= 0.3 is 29.6 Å². The Hall–Kier alpha value is -0.590. The number of rotatable bonds is 4. The number of fused-ring (bicyclic) bond motifs is 1. The van der Waals surface area contributed by atoms with Gasteiger partial charge in [0.1, 0.15) is 5.75 Å². The quantitative estimate of drug-likeness (QED) is 0.580. The third-order valence-corrected chi connectivity index (χ3v) is 3.54. The number of phenols is 1. The van der Waals surface area contributed by atoms with Gasteiger partial charge in [-0.3, -0.25) is 0 Å². The van der Waals surface area contributed by atoms with E-state index >= 15 is 0 Å². The predicted molar refractivity (Wildman–Crippen MR) is 68.5 cm³/mol. The van der Waals surface area contributed by atoms with Gasteiger partial charge in [-0.15, -0.1) is 0 Å². The van der Waals surface area contributed by atoms with Gasteiger partial charge in [-0.05, 0) is 41.3 Å². The fourth-order valence-corrected chi connectivity index (χ4v) is 2.39. The minimum Gasteiger partial charge on any atom is -0.748 e. The van der Waals surface area contributed by atoms with Gasteiger partial charge in [0, 0.05) is 5.75 Å². The second kappa shape index (κ2) is 6.72. The Bertz CT molecular complexity index is 667. The molecule has 0 amide bonds. The van der Waals surface area contributed by atoms with Crippen LogP contribution in [0.25, 0.3) is 10.8 Å². The van der Waals surface area contributed by atoms with Crippen molar-refractivity contribution in [2.24, 2.45) is 0 Å². The molecule has 6 heteroatoms. The van der Waals surface area contributed by atoms with Crippen molar-refractivity contribution >= 4 is 20.9 Å². The van der Waals surface area contributed by atoms with E-state index in [-0.39, 0.29) is 41.1 Å². The fraction of sp³-hybridized carbons (Fsp3) is 0.231. The van der Waals surface area contributed by atoms with Crippen LogP contribution in [-0.2, 0) is 16.5 Å². The van der Waals surface area contributed by atoms with Crippen molar-refractivity contribution in [3.8, 4) is 5.75 Å². The van der Waals surface area contributed by atoms with Gasteiger partial charge in [0.05, 0.1) is 10.1 Å². The first-order valence-corrected chi connectivity index (χ1v) is 7.17. The summed E-state index contributed by atoms with van der Waals surface area (Å²) in [5.74, 6) is -0.146. The van der Waals surface area contributed by atoms with Gasteiger partial charge < -0.3 is 9.66 Å². The molecule has 0 aromatic heterocycles. The SMILES string of the molecule is O=S(=O)([O-])CCCc1ccc2ccc(O)cc2c1.[Na+]. The minimum atomic E-state index is -4.13. The summed E-state index contributed by atoms with van der Waals surface area (Å²) in [4.78, 5) is 0. The van der Waals surface area contributed by atoms with Crippen molar-refractivity contribution in [3.05, 3.63) is 42.0 Å². The van der Waals surface area contributed by atoms with Crippen LogP contribution in [0, 0.1) is 0 Å². The first kappa shape index (κ1) is 16.5. The topological polar surface area (TPSA) is 77.4 Å². The molecule has 2 rings (SSSR count). The molecule has 0 aliphatic heterocycles. The van der Waals surface area contributed by atoms with Gasteiger partial charge in [0.2, 0.25) is 0 Å². The Labute approximate surface area is 134 Å². The van der Waals surface area contributed by atoms with Gasteiger partial charge in [-0.25, -0.2) is 8.42 Å². The Balaban J connectivity index is 0.00000180. The molecule has 0 spiro atoms. The first-order valence-electron chi connectivity index (χ1n) is 5.59. The zero-order valence-electron chi connectivity index (χ0n) is 10.7. The van der Waals surface area contributed by atoms with Crippen molar-refractivity contribution in [2.75, 3.05) is 5.75 Å². The molecule has 0 heterocycles. The number of aromatic hydroxyl groups is 1. The Kier molecular flexibility index (Phi) is 5.82. The van der Waals surface area contributed by atoms with E-state index in [4.69, 9.17) is 0 Å². The fourth-order valence-electron chi connectivity index (χ4n) is 1.89. The second-order valence-corrected chi connectivity index (χ2v) is 5.75. The first-order chi connectivity index (χ1) is 8.44. The Morgan fingerprint density at radius 2 is 1.74 bits per heavy atom. The van der Waals surface area contributed by atoms with E-state index in [1.165, 1.54) is 0 Å². The van der Waals surface area contributed by atoms with E-state index in [2.05, 4.69) is 0 Å². The summed E-state index contributed by atoms with van der Waals surface area (Å²) >= 11 is 0. The third-order valence-electron chi connectivity index (χ3n) is 2.75. The molecule has 96 valence electrons. The summed E-state index contributed by atoms with van der Waals surface area (Å²) in [6.07, 6.45) is 0.850. The molecule has 0 radical (unpaired) electrons. The van der Waals surface area contributed by atoms with E-state index < -0.39 is 10.1 Å². The number of hydrogen-bond donors (Lipinski definition) is 1. The summed E-state index contributed by atoms with van der Waals surface area (Å²) in [5.41, 5.74) is 0.955. The molecule has 0 aliphatic rings. The van der Waals surface area contributed by atoms with E-state index in [1.54, 1.807) is 12.1 Å². The second-order valence-electron chi connectivity index (χ2n) is 4.23. The average molecular weight is 288 g/mol. The molecule has 0 bridgehead atoms. The smallest absolute Gasteiger partial charge is 0.748 e. The van der Waals surface area contributed by atoms with Crippen molar-refractivity contribution in [2.45, 2.75) is 12.8 Å². The Morgan fingerprint density at radius 3 is 2.42 bits per heavy atom. The largest absolute Gasteiger partial charge is 1.00 e. The molecule has 4 nitrogen and oxygen atoms in total. The van der Waals surface area contributed by atoms with Crippen molar-refractivity contribution in [1.82, 2.24) is 0 Å². The normalized spacial score (nSPS) is 11.2. The van der Waals surface area contributed by atoms with Crippen molar-refractivity contribution < 1.29 is 47.6 Å². The van der Waals surface area contributed by atoms with Crippen LogP contribution in [-0.4, -0.2) is 23.8 Å². The maximum absolute atomic E-state index is 10.5. The van der Waals surface area contributed by atoms with Crippen molar-refractivity contribution in [1.29, 1.82) is 0 Å². The summed E-state index contributed by atoms with van der Waals surface area (Å²) in [6.45, 7) is 0. The monoisotopic (exact) mass is 288 g/mol. The van der Waals surface area contributed by atoms with Crippen LogP contribution in [0.1, 0.15) is 12.0 Å². The zero-order valence-corrected chi connectivity index (χ0v) is 13.5. The summed E-state index contributed by atoms with van der Waals surface area (Å²) in [7, 11) is -4.13. The molecule has 2 aromatic rings. The van der Waals surface area contributed by atoms with Crippen LogP contribution in [0.2, 0.25) is 0 Å². The van der Waals surface area contributed by atoms with Crippen LogP contribution < -0.4 is 29.6 Å². The van der Waals surface area contributed by atoms with E-state index in [1.807, 2.05) is 24.3 Å². The molecule has 0 saturated heterocycles. The molecule has 0 aliphatic carbocycles. The molecule has 0 unspecified atom stereocenters. The maximum Gasteiger partial charge on any atom is 1.00 e. The van der Waals surface area contributed by atoms with Crippen LogP contribution >= 0.6 is 0 Å². The van der Waals surface area contributed by atoms with Crippen LogP contribution in [0.15, 0.2) is 36.4 Å². The third kappa shape index (κ3) is 5.12. The summed E-state index contributed by atoms with van der Waals surface area (Å²) < 4.78 is 31.5. The molecule has 0 fully saturated rings. The number of hydrogen-bond acceptors (Lipinski definition) is 4. The molecular formula is C13H13NaO4S. The zero-order chi connectivity index (χ0) is 13.2. The maximum atomic E-state index is 10.5. The molecule has 0 atom stereocenters. The standard InChI is InChI=1S/C13H14O4S.Na/c14-13-6-5-11-4-3-10(8-12(11)9-13)2-1-7-18(15,16)17;/h3-6,8-9,14H,1-2,7H2,(H,15,16,17);/q;+1/p-1. The van der Waals surface area contributed by atoms with Gasteiger partial charge in [0.25, 0.3) is 0 Å². The van der Waals surface area contributed by atoms with Gasteiger partial charge in [-0.2, -0.15) is 0 Å². The van der Waals surface area contributed by atoms with Crippen LogP contribution in [0.4, 0.5) is 0 Å². The Morgan fingerprint density at radius 1 is 1.05 bits per heavy atom. The number of aryl methyl sites for hydroxylation is 1. The van der Waals surface area contributed by atoms with E-state index in [0.29, 0.717) is 12.8 Å². The van der Waals surface area contributed by atoms with Gasteiger partial charge in [0.15, 0.2) is 0 Å². The molecule has 0 saturated carbocycles. The molecule has 2 aromatic carbocycles. The average Bonchev–Trinajstić information content (AvgIpc) is 2.26.